The van der Waals surface area contributed by atoms with E-state index in [0.717, 1.165) is 30.3 Å². The van der Waals surface area contributed by atoms with Crippen molar-refractivity contribution in [1.82, 2.24) is 0 Å². The number of phenolic OH excluding ortho intramolecular Hbond substituents is 5. The second kappa shape index (κ2) is 6.02. The van der Waals surface area contributed by atoms with Crippen LogP contribution >= 0.6 is 0 Å². The van der Waals surface area contributed by atoms with Crippen molar-refractivity contribution in [3.63, 3.8) is 0 Å². The van der Waals surface area contributed by atoms with Crippen LogP contribution in [0.2, 0.25) is 0 Å². The Morgan fingerprint density at radius 1 is 0.652 bits per heavy atom. The van der Waals surface area contributed by atoms with Gasteiger partial charge in [0.05, 0.1) is 11.1 Å². The number of carbonyl (C=O) groups is 2. The normalized spacial score (nSPS) is 10.1. The van der Waals surface area contributed by atoms with Crippen molar-refractivity contribution in [1.29, 1.82) is 0 Å². The van der Waals surface area contributed by atoms with Crippen LogP contribution in [-0.4, -0.2) is 37.5 Å². The first-order valence-electron chi connectivity index (χ1n) is 5.99. The Kier molecular flexibility index (Phi) is 4.12. The second-order valence-electron chi connectivity index (χ2n) is 4.31. The summed E-state index contributed by atoms with van der Waals surface area (Å²) in [6, 6.07) is 4.62. The Morgan fingerprint density at radius 3 is 1.65 bits per heavy atom. The van der Waals surface area contributed by atoms with E-state index < -0.39 is 40.7 Å². The number of hydrogen-bond acceptors (Lipinski definition) is 9. The van der Waals surface area contributed by atoms with Crippen molar-refractivity contribution in [3.05, 3.63) is 41.5 Å². The lowest BCUT2D eigenvalue weighted by Crippen LogP contribution is -2.11. The van der Waals surface area contributed by atoms with Crippen LogP contribution in [0.1, 0.15) is 20.7 Å². The van der Waals surface area contributed by atoms with Gasteiger partial charge in [-0.3, -0.25) is 0 Å². The molecular weight excluding hydrogens is 312 g/mol. The summed E-state index contributed by atoms with van der Waals surface area (Å²) in [6.45, 7) is 0. The SMILES string of the molecule is O=C(OOC(=O)c1cc(O)c(O)c(O)c1)c1ccc(O)c(O)c1. The Morgan fingerprint density at radius 2 is 1.13 bits per heavy atom. The molecule has 0 aromatic heterocycles. The average Bonchev–Trinajstić information content (AvgIpc) is 2.52. The summed E-state index contributed by atoms with van der Waals surface area (Å²) in [6.07, 6.45) is 0. The predicted octanol–water partition coefficient (Wildman–Crippen LogP) is 1.14. The van der Waals surface area contributed by atoms with Gasteiger partial charge in [-0.2, -0.15) is 0 Å². The van der Waals surface area contributed by atoms with Crippen LogP contribution in [-0.2, 0) is 9.78 Å². The highest BCUT2D eigenvalue weighted by molar-refractivity contribution is 5.93. The third kappa shape index (κ3) is 3.35. The Labute approximate surface area is 128 Å². The molecule has 0 amide bonds. The van der Waals surface area contributed by atoms with Crippen LogP contribution in [0, 0.1) is 0 Å². The zero-order valence-corrected chi connectivity index (χ0v) is 11.3. The van der Waals surface area contributed by atoms with Gasteiger partial charge < -0.3 is 25.5 Å². The Bertz CT molecular complexity index is 759. The summed E-state index contributed by atoms with van der Waals surface area (Å²) in [5.41, 5.74) is -0.594. The van der Waals surface area contributed by atoms with Crippen molar-refractivity contribution >= 4 is 11.9 Å². The van der Waals surface area contributed by atoms with Crippen molar-refractivity contribution in [2.75, 3.05) is 0 Å². The molecule has 0 aliphatic carbocycles. The second-order valence-corrected chi connectivity index (χ2v) is 4.31. The van der Waals surface area contributed by atoms with Gasteiger partial charge in [-0.15, -0.1) is 0 Å². The molecule has 0 heterocycles. The third-order valence-electron chi connectivity index (χ3n) is 2.71. The van der Waals surface area contributed by atoms with E-state index in [9.17, 15) is 24.9 Å². The van der Waals surface area contributed by atoms with E-state index in [1.165, 1.54) is 0 Å². The highest BCUT2D eigenvalue weighted by Gasteiger charge is 2.18. The van der Waals surface area contributed by atoms with Gasteiger partial charge in [0, 0.05) is 0 Å². The average molecular weight is 322 g/mol. The largest absolute Gasteiger partial charge is 0.504 e. The smallest absolute Gasteiger partial charge is 0.386 e. The lowest BCUT2D eigenvalue weighted by atomic mass is 10.2. The first kappa shape index (κ1) is 15.8. The number of aromatic hydroxyl groups is 5. The lowest BCUT2D eigenvalue weighted by Gasteiger charge is -2.06. The van der Waals surface area contributed by atoms with Gasteiger partial charge in [0.25, 0.3) is 0 Å². The summed E-state index contributed by atoms with van der Waals surface area (Å²) in [5.74, 6) is -5.75. The monoisotopic (exact) mass is 322 g/mol. The summed E-state index contributed by atoms with van der Waals surface area (Å²) in [7, 11) is 0. The quantitative estimate of drug-likeness (QED) is 0.311. The molecule has 2 aromatic carbocycles. The summed E-state index contributed by atoms with van der Waals surface area (Å²) >= 11 is 0. The Hall–Kier alpha value is -3.62. The molecule has 0 saturated carbocycles. The molecule has 0 fully saturated rings. The molecule has 5 N–H and O–H groups in total. The highest BCUT2D eigenvalue weighted by atomic mass is 17.2. The molecule has 0 unspecified atom stereocenters. The van der Waals surface area contributed by atoms with Gasteiger partial charge in [0.1, 0.15) is 0 Å². The maximum absolute atomic E-state index is 11.6. The maximum Gasteiger partial charge on any atom is 0.386 e. The van der Waals surface area contributed by atoms with Gasteiger partial charge in [-0.1, -0.05) is 0 Å². The van der Waals surface area contributed by atoms with Crippen LogP contribution in [0.15, 0.2) is 30.3 Å². The number of carbonyl (C=O) groups excluding carboxylic acids is 2. The van der Waals surface area contributed by atoms with Crippen LogP contribution in [0.4, 0.5) is 0 Å². The lowest BCUT2D eigenvalue weighted by molar-refractivity contribution is -0.187. The van der Waals surface area contributed by atoms with Crippen molar-refractivity contribution in [2.45, 2.75) is 0 Å². The zero-order valence-electron chi connectivity index (χ0n) is 11.3. The van der Waals surface area contributed by atoms with Gasteiger partial charge in [-0.25, -0.2) is 19.4 Å². The molecule has 9 nitrogen and oxygen atoms in total. The molecule has 23 heavy (non-hydrogen) atoms. The number of phenols is 5. The van der Waals surface area contributed by atoms with Gasteiger partial charge in [0.15, 0.2) is 28.7 Å². The van der Waals surface area contributed by atoms with Gasteiger partial charge in [-0.05, 0) is 30.3 Å². The van der Waals surface area contributed by atoms with Crippen molar-refractivity contribution < 1.29 is 44.9 Å². The van der Waals surface area contributed by atoms with Gasteiger partial charge in [0.2, 0.25) is 0 Å². The fourth-order valence-corrected chi connectivity index (χ4v) is 1.54. The molecular formula is C14H10O9. The molecule has 0 atom stereocenters. The molecule has 0 aliphatic heterocycles. The molecule has 120 valence electrons. The standard InChI is InChI=1S/C14H10O9/c15-8-2-1-6(3-9(8)16)13(20)22-23-14(21)7-4-10(17)12(19)11(18)5-7/h1-5,15-19H. The number of rotatable bonds is 2. The Balaban J connectivity index is 2.06. The fraction of sp³-hybridized carbons (Fsp3) is 0. The number of hydrogen-bond donors (Lipinski definition) is 5. The summed E-state index contributed by atoms with van der Waals surface area (Å²) in [5, 5.41) is 46.0. The van der Waals surface area contributed by atoms with Crippen molar-refractivity contribution in [3.8, 4) is 28.7 Å². The first-order valence-corrected chi connectivity index (χ1v) is 5.99. The van der Waals surface area contributed by atoms with Crippen LogP contribution in [0.3, 0.4) is 0 Å². The summed E-state index contributed by atoms with van der Waals surface area (Å²) in [4.78, 5) is 31.7. The molecule has 0 bridgehead atoms. The van der Waals surface area contributed by atoms with Crippen molar-refractivity contribution in [2.24, 2.45) is 0 Å². The minimum atomic E-state index is -1.23. The molecule has 0 spiro atoms. The highest BCUT2D eigenvalue weighted by Crippen LogP contribution is 2.35. The molecule has 9 heteroatoms. The maximum atomic E-state index is 11.6. The molecule has 2 rings (SSSR count). The summed E-state index contributed by atoms with van der Waals surface area (Å²) < 4.78 is 0. The van der Waals surface area contributed by atoms with E-state index in [0.29, 0.717) is 0 Å². The van der Waals surface area contributed by atoms with Crippen LogP contribution in [0.25, 0.3) is 0 Å². The van der Waals surface area contributed by atoms with Gasteiger partial charge >= 0.3 is 11.9 Å². The molecule has 0 radical (unpaired) electrons. The van der Waals surface area contributed by atoms with E-state index in [1.807, 2.05) is 0 Å². The van der Waals surface area contributed by atoms with E-state index in [4.69, 9.17) is 10.2 Å². The third-order valence-corrected chi connectivity index (χ3v) is 2.71. The van der Waals surface area contributed by atoms with Crippen LogP contribution < -0.4 is 0 Å². The topological polar surface area (TPSA) is 154 Å². The van der Waals surface area contributed by atoms with E-state index in [1.54, 1.807) is 0 Å². The minimum Gasteiger partial charge on any atom is -0.504 e. The molecule has 2 aromatic rings. The van der Waals surface area contributed by atoms with E-state index in [-0.39, 0.29) is 11.1 Å². The number of benzene rings is 2. The fourth-order valence-electron chi connectivity index (χ4n) is 1.54. The first-order chi connectivity index (χ1) is 10.8. The minimum absolute atomic E-state index is 0.204. The predicted molar refractivity (Wildman–Crippen MR) is 72.0 cm³/mol. The molecule has 0 saturated heterocycles. The van der Waals surface area contributed by atoms with E-state index in [2.05, 4.69) is 9.78 Å². The molecule has 0 aliphatic rings. The zero-order chi connectivity index (χ0) is 17.1. The van der Waals surface area contributed by atoms with E-state index >= 15 is 0 Å². The van der Waals surface area contributed by atoms with Crippen LogP contribution in [0.5, 0.6) is 28.7 Å².